The first-order valence-corrected chi connectivity index (χ1v) is 43.0. The molecule has 0 saturated heterocycles. The van der Waals surface area contributed by atoms with Crippen molar-refractivity contribution in [1.29, 1.82) is 0 Å². The summed E-state index contributed by atoms with van der Waals surface area (Å²) < 4.78 is 102. The number of Topliss-reactive ketones (excluding diaryl/α,β-unsaturated/α-hetero) is 2. The Morgan fingerprint density at radius 3 is 0.843 bits per heavy atom. The largest absolute Gasteiger partial charge is 0.469 e. The minimum Gasteiger partial charge on any atom is -0.469 e. The second-order valence-corrected chi connectivity index (χ2v) is 44.5. The van der Waals surface area contributed by atoms with Crippen LogP contribution in [0.4, 0.5) is 0 Å². The van der Waals surface area contributed by atoms with E-state index < -0.39 is 71.3 Å². The zero-order valence-corrected chi connectivity index (χ0v) is 75.7. The quantitative estimate of drug-likeness (QED) is 0.0284. The molecule has 0 saturated carbocycles. The number of hydrogen-bond acceptors (Lipinski definition) is 20. The Balaban J connectivity index is -0.000000140. The zero-order valence-electron chi connectivity index (χ0n) is 71.2. The highest BCUT2D eigenvalue weighted by atomic mass is 31.2. The van der Waals surface area contributed by atoms with Gasteiger partial charge in [0.25, 0.3) is 7.52 Å². The van der Waals surface area contributed by atoms with Gasteiger partial charge in [-0.05, 0) is 155 Å². The molecule has 0 radical (unpaired) electrons. The predicted octanol–water partition coefficient (Wildman–Crippen LogP) is 17.3. The van der Waals surface area contributed by atoms with E-state index in [1.54, 1.807) is 83.2 Å². The topological polar surface area (TPSA) is 396 Å². The molecular formula is C70H152N3O24P5. The van der Waals surface area contributed by atoms with Gasteiger partial charge in [-0.25, -0.2) is 5.09 Å². The van der Waals surface area contributed by atoms with E-state index >= 15 is 0 Å². The van der Waals surface area contributed by atoms with Crippen LogP contribution in [0.5, 0.6) is 0 Å². The number of carbonyl (C=O) groups excluding carboxylic acids is 7. The predicted molar refractivity (Wildman–Crippen MR) is 414 cm³/mol. The lowest BCUT2D eigenvalue weighted by atomic mass is 9.90. The smallest absolute Gasteiger partial charge is 0.345 e. The van der Waals surface area contributed by atoms with Crippen molar-refractivity contribution in [3.8, 4) is 0 Å². The minimum atomic E-state index is -4.76. The number of ketones is 2. The molecule has 0 rings (SSSR count). The van der Waals surface area contributed by atoms with Crippen molar-refractivity contribution >= 4 is 79.2 Å². The summed E-state index contributed by atoms with van der Waals surface area (Å²) in [5.41, 5.74) is -2.24. The number of hydrogen-bond donors (Lipinski definition) is 7. The number of methoxy groups -OCH3 is 1. The van der Waals surface area contributed by atoms with Crippen molar-refractivity contribution in [2.45, 2.75) is 304 Å². The molecule has 0 aromatic heterocycles. The Bertz CT molecular complexity index is 2450. The molecule has 27 nitrogen and oxygen atoms in total. The molecule has 0 fully saturated rings. The molecule has 102 heavy (non-hydrogen) atoms. The Labute approximate surface area is 619 Å². The Hall–Kier alpha value is -2.56. The first-order chi connectivity index (χ1) is 44.9. The maximum atomic E-state index is 13.2. The standard InChI is InChI=1S/C14H32O6P2.C11H24NO4P.C7H15NO.C7H14O2.C7H14O.C6H13NO.C6H16O6P2.C6H12O2.C6H12O/c1-8-17-21(15,18-9-2)13(12-14(5,6)7)22(16,19-10-3)20-11-4;1-7-15-10(13)9(3)12-17(14,16-8-2)11(4,5)6;1-5-8-6(9)7(2,3)4;1-5-9-6(8)7(2,3)4;1-5-6(8)7(2,3)4;1-6(2,3)5(8)7-4;1-6(2,3)4-5(13(7,8)9)14(10,11)12;1-6(2,3)5(7)8-4;1-5(7)6(2,3)4/h13H,8-12H2,1-7H3;9H,7-8H2,1-6H3,(H,12,14);5H2,1-4H3,(H,8,9);5H2,1-4H3;5H2,1-4H3;1-4H3,(H,7,8);5H,4H2,1-3H3,(H2,7,8,9)(H2,10,11,12);1-4H3;1-4H3. The summed E-state index contributed by atoms with van der Waals surface area (Å²) in [7, 11) is -16.8. The van der Waals surface area contributed by atoms with E-state index in [1.807, 2.05) is 187 Å². The fraction of sp³-hybridized carbons (Fsp3) is 0.900. The highest BCUT2D eigenvalue weighted by molar-refractivity contribution is 7.72. The van der Waals surface area contributed by atoms with Gasteiger partial charge in [-0.3, -0.25) is 56.4 Å². The van der Waals surface area contributed by atoms with E-state index in [-0.39, 0.29) is 100 Å². The van der Waals surface area contributed by atoms with Crippen molar-refractivity contribution in [3.63, 3.8) is 0 Å². The third kappa shape index (κ3) is 62.5. The van der Waals surface area contributed by atoms with E-state index in [9.17, 15) is 56.4 Å². The van der Waals surface area contributed by atoms with Crippen molar-refractivity contribution in [2.75, 3.05) is 67.0 Å². The van der Waals surface area contributed by atoms with Gasteiger partial charge in [0.2, 0.25) is 11.8 Å². The van der Waals surface area contributed by atoms with Crippen molar-refractivity contribution < 1.29 is 113 Å². The van der Waals surface area contributed by atoms with Crippen LogP contribution in [0.15, 0.2) is 0 Å². The second-order valence-electron chi connectivity index (χ2n) is 32.6. The summed E-state index contributed by atoms with van der Waals surface area (Å²) in [6.45, 7) is 72.1. The van der Waals surface area contributed by atoms with Gasteiger partial charge in [-0.1, -0.05) is 132 Å². The minimum absolute atomic E-state index is 0.0810. The molecule has 2 atom stereocenters. The molecule has 2 unspecified atom stereocenters. The van der Waals surface area contributed by atoms with Gasteiger partial charge < -0.3 is 67.0 Å². The lowest BCUT2D eigenvalue weighted by Crippen LogP contribution is -2.38. The summed E-state index contributed by atoms with van der Waals surface area (Å²) in [4.78, 5) is 111. The Kier molecular flexibility index (Phi) is 60.6. The van der Waals surface area contributed by atoms with E-state index in [1.165, 1.54) is 7.11 Å². The molecule has 32 heteroatoms. The van der Waals surface area contributed by atoms with E-state index in [0.717, 1.165) is 6.54 Å². The van der Waals surface area contributed by atoms with E-state index in [2.05, 4.69) is 20.5 Å². The van der Waals surface area contributed by atoms with Gasteiger partial charge in [0.05, 0.1) is 69.3 Å². The number of esters is 3. The van der Waals surface area contributed by atoms with Gasteiger partial charge >= 0.3 is 48.3 Å². The summed E-state index contributed by atoms with van der Waals surface area (Å²) in [5, 5.41) is 4.70. The molecule has 0 aliphatic carbocycles. The number of ether oxygens (including phenoxy) is 3. The first kappa shape index (κ1) is 118. The molecule has 7 N–H and O–H groups in total. The van der Waals surface area contributed by atoms with Crippen molar-refractivity contribution in [2.24, 2.45) is 43.3 Å². The van der Waals surface area contributed by atoms with Crippen LogP contribution in [0.25, 0.3) is 0 Å². The normalized spacial score (nSPS) is 13.3. The molecule has 0 bridgehead atoms. The molecule has 0 spiro atoms. The number of nitrogens with one attached hydrogen (secondary N) is 3. The molecule has 0 aromatic rings. The molecule has 0 aliphatic rings. The average Bonchev–Trinajstić information content (AvgIpc) is 0.786. The van der Waals surface area contributed by atoms with Gasteiger partial charge in [-0.2, -0.15) is 0 Å². The van der Waals surface area contributed by atoms with Gasteiger partial charge in [-0.15, -0.1) is 0 Å². The Morgan fingerprint density at radius 1 is 0.412 bits per heavy atom. The fourth-order valence-corrected chi connectivity index (χ4v) is 17.2. The average molecular weight is 1570 g/mol. The first-order valence-electron chi connectivity index (χ1n) is 34.8. The van der Waals surface area contributed by atoms with Gasteiger partial charge in [0, 0.05) is 41.7 Å². The second kappa shape index (κ2) is 52.5. The molecule has 0 heterocycles. The monoisotopic (exact) mass is 1570 g/mol. The van der Waals surface area contributed by atoms with Crippen LogP contribution in [0.3, 0.4) is 0 Å². The fourth-order valence-electron chi connectivity index (χ4n) is 6.23. The van der Waals surface area contributed by atoms with Crippen LogP contribution in [0.2, 0.25) is 0 Å². The maximum absolute atomic E-state index is 13.2. The highest BCUT2D eigenvalue weighted by Crippen LogP contribution is 2.72. The molecule has 0 aromatic carbocycles. The van der Waals surface area contributed by atoms with Crippen molar-refractivity contribution in [1.82, 2.24) is 15.7 Å². The molecule has 0 aliphatic heterocycles. The van der Waals surface area contributed by atoms with Crippen LogP contribution < -0.4 is 15.7 Å². The number of amides is 2. The summed E-state index contributed by atoms with van der Waals surface area (Å²) in [6, 6.07) is -0.647. The molecule has 2 amide bonds. The lowest BCUT2D eigenvalue weighted by molar-refractivity contribution is -0.152. The summed E-state index contributed by atoms with van der Waals surface area (Å²) in [6.07, 6.45) is 0.784. The summed E-state index contributed by atoms with van der Waals surface area (Å²) >= 11 is 0. The van der Waals surface area contributed by atoms with Crippen molar-refractivity contribution in [3.05, 3.63) is 0 Å². The SMILES string of the molecule is CC(=O)C(C)(C)C.CC(C)(C)CC(P(=O)(O)O)P(=O)(O)O.CCC(=O)C(C)(C)C.CCNC(=O)C(C)(C)C.CCOC(=O)C(C)(C)C.CCOC(=O)C(C)NP(=O)(OCC)C(C)(C)C.CCOP(=O)(OCC)C(CC(C)(C)C)P(=O)(OCC)OCC.CNC(=O)C(C)(C)C.COC(=O)C(C)(C)C. The van der Waals surface area contributed by atoms with E-state index in [0.29, 0.717) is 38.4 Å². The van der Waals surface area contributed by atoms with Crippen LogP contribution >= 0.6 is 37.9 Å². The third-order valence-corrected chi connectivity index (χ3v) is 25.2. The molecule has 616 valence electrons. The zero-order chi connectivity index (χ0) is 84.3. The van der Waals surface area contributed by atoms with Crippen LogP contribution in [-0.2, 0) is 93.2 Å². The van der Waals surface area contributed by atoms with Crippen LogP contribution in [-0.4, -0.2) is 150 Å². The Morgan fingerprint density at radius 2 is 0.716 bits per heavy atom. The number of rotatable bonds is 23. The number of carbonyl (C=O) groups is 7. The molecular weight excluding hydrogens is 1420 g/mol. The van der Waals surface area contributed by atoms with Gasteiger partial charge in [0.15, 0.2) is 10.8 Å². The highest BCUT2D eigenvalue weighted by Gasteiger charge is 2.52. The summed E-state index contributed by atoms with van der Waals surface area (Å²) in [5.74, 6) is 0.0479. The van der Waals surface area contributed by atoms with Gasteiger partial charge in [0.1, 0.15) is 17.6 Å². The van der Waals surface area contributed by atoms with Crippen LogP contribution in [0, 0.1) is 43.3 Å². The lowest BCUT2D eigenvalue weighted by Gasteiger charge is -2.34. The van der Waals surface area contributed by atoms with E-state index in [4.69, 9.17) is 51.7 Å². The van der Waals surface area contributed by atoms with Crippen LogP contribution in [0.1, 0.15) is 282 Å². The maximum Gasteiger partial charge on any atom is 0.345 e. The third-order valence-electron chi connectivity index (χ3n) is 12.4.